The Bertz CT molecular complexity index is 543. The summed E-state index contributed by atoms with van der Waals surface area (Å²) in [6, 6.07) is 4.43. The van der Waals surface area contributed by atoms with Crippen molar-refractivity contribution in [2.75, 3.05) is 5.73 Å². The number of nitrogen functional groups attached to an aromatic ring is 1. The fourth-order valence-corrected chi connectivity index (χ4v) is 1.57. The van der Waals surface area contributed by atoms with E-state index in [9.17, 15) is 4.39 Å². The highest BCUT2D eigenvalue weighted by Crippen LogP contribution is 2.27. The Hall–Kier alpha value is -1.68. The molecule has 0 aliphatic heterocycles. The van der Waals surface area contributed by atoms with Gasteiger partial charge in [-0.3, -0.25) is 0 Å². The zero-order valence-electron chi connectivity index (χ0n) is 8.54. The zero-order valence-corrected chi connectivity index (χ0v) is 9.29. The van der Waals surface area contributed by atoms with Gasteiger partial charge in [0.25, 0.3) is 0 Å². The highest BCUT2D eigenvalue weighted by Gasteiger charge is 2.10. The Labute approximate surface area is 97.1 Å². The Morgan fingerprint density at radius 3 is 2.81 bits per heavy atom. The van der Waals surface area contributed by atoms with Gasteiger partial charge in [-0.15, -0.1) is 0 Å². The summed E-state index contributed by atoms with van der Waals surface area (Å²) in [5.41, 5.74) is 6.61. The predicted octanol–water partition coefficient (Wildman–Crippen LogP) is 2.83. The summed E-state index contributed by atoms with van der Waals surface area (Å²) in [5.74, 6) is 0.397. The largest absolute Gasteiger partial charge is 0.384 e. The second kappa shape index (κ2) is 4.06. The summed E-state index contributed by atoms with van der Waals surface area (Å²) in [6.07, 6.45) is 1.53. The molecule has 0 amide bonds. The molecule has 1 heterocycles. The van der Waals surface area contributed by atoms with E-state index in [1.165, 1.54) is 12.3 Å². The van der Waals surface area contributed by atoms with E-state index in [1.807, 2.05) is 0 Å². The Balaban J connectivity index is 2.60. The van der Waals surface area contributed by atoms with E-state index >= 15 is 0 Å². The van der Waals surface area contributed by atoms with Gasteiger partial charge in [0.05, 0.1) is 5.02 Å². The molecule has 2 rings (SSSR count). The van der Waals surface area contributed by atoms with Crippen LogP contribution in [0.1, 0.15) is 5.56 Å². The van der Waals surface area contributed by atoms with Gasteiger partial charge in [-0.1, -0.05) is 11.6 Å². The van der Waals surface area contributed by atoms with Crippen molar-refractivity contribution >= 4 is 17.4 Å². The molecule has 2 N–H and O–H groups in total. The van der Waals surface area contributed by atoms with Crippen molar-refractivity contribution in [2.45, 2.75) is 6.92 Å². The molecule has 0 aliphatic carbocycles. The minimum atomic E-state index is -0.349. The minimum absolute atomic E-state index is 0.272. The van der Waals surface area contributed by atoms with Crippen molar-refractivity contribution < 1.29 is 4.39 Å². The van der Waals surface area contributed by atoms with Crippen LogP contribution in [-0.4, -0.2) is 9.97 Å². The number of rotatable bonds is 1. The molecule has 16 heavy (non-hydrogen) atoms. The lowest BCUT2D eigenvalue weighted by Gasteiger charge is -2.05. The third-order valence-corrected chi connectivity index (χ3v) is 2.48. The normalized spacial score (nSPS) is 10.4. The number of benzene rings is 1. The molecule has 1 aromatic heterocycles. The van der Waals surface area contributed by atoms with Gasteiger partial charge in [-0.05, 0) is 30.7 Å². The fraction of sp³-hybridized carbons (Fsp3) is 0.0909. The van der Waals surface area contributed by atoms with Crippen LogP contribution >= 0.6 is 11.6 Å². The van der Waals surface area contributed by atoms with Crippen LogP contribution in [-0.2, 0) is 0 Å². The van der Waals surface area contributed by atoms with E-state index in [1.54, 1.807) is 19.1 Å². The molecule has 0 unspecified atom stereocenters. The highest BCUT2D eigenvalue weighted by atomic mass is 35.5. The second-order valence-electron chi connectivity index (χ2n) is 3.39. The molecular weight excluding hydrogens is 229 g/mol. The van der Waals surface area contributed by atoms with E-state index in [0.717, 1.165) is 0 Å². The summed E-state index contributed by atoms with van der Waals surface area (Å²) in [5, 5.41) is 0.272. The predicted molar refractivity (Wildman–Crippen MR) is 61.6 cm³/mol. The molecule has 0 fully saturated rings. The third-order valence-electron chi connectivity index (χ3n) is 2.17. The van der Waals surface area contributed by atoms with Crippen molar-refractivity contribution in [3.8, 4) is 11.4 Å². The van der Waals surface area contributed by atoms with Gasteiger partial charge in [-0.2, -0.15) is 0 Å². The van der Waals surface area contributed by atoms with Gasteiger partial charge < -0.3 is 5.73 Å². The molecule has 0 bridgehead atoms. The van der Waals surface area contributed by atoms with Crippen molar-refractivity contribution in [3.05, 3.63) is 40.8 Å². The third kappa shape index (κ3) is 1.97. The maximum Gasteiger partial charge on any atom is 0.162 e. The van der Waals surface area contributed by atoms with Crippen LogP contribution in [0.4, 0.5) is 10.2 Å². The number of nitrogens with zero attached hydrogens (tertiary/aromatic N) is 2. The summed E-state index contributed by atoms with van der Waals surface area (Å²) in [6.45, 7) is 1.65. The molecule has 82 valence electrons. The lowest BCUT2D eigenvalue weighted by molar-refractivity contribution is 0.619. The molecule has 3 nitrogen and oxygen atoms in total. The summed E-state index contributed by atoms with van der Waals surface area (Å²) >= 11 is 5.93. The lowest BCUT2D eigenvalue weighted by atomic mass is 10.1. The monoisotopic (exact) mass is 237 g/mol. The maximum absolute atomic E-state index is 13.2. The van der Waals surface area contributed by atoms with Crippen molar-refractivity contribution in [1.82, 2.24) is 9.97 Å². The van der Waals surface area contributed by atoms with Crippen molar-refractivity contribution in [2.24, 2.45) is 0 Å². The number of halogens is 2. The first kappa shape index (κ1) is 10.8. The smallest absolute Gasteiger partial charge is 0.162 e. The standard InChI is InChI=1S/C11H9ClFN3/c1-6-4-7(8(12)5-9(6)13)11-15-3-2-10(14)16-11/h2-5H,1H3,(H2,14,15,16). The molecule has 0 aliphatic rings. The van der Waals surface area contributed by atoms with E-state index in [0.29, 0.717) is 22.8 Å². The van der Waals surface area contributed by atoms with Gasteiger partial charge in [0.15, 0.2) is 5.82 Å². The number of hydrogen-bond donors (Lipinski definition) is 1. The number of aromatic nitrogens is 2. The lowest BCUT2D eigenvalue weighted by Crippen LogP contribution is -1.96. The second-order valence-corrected chi connectivity index (χ2v) is 3.79. The van der Waals surface area contributed by atoms with Crippen LogP contribution in [0, 0.1) is 12.7 Å². The van der Waals surface area contributed by atoms with Crippen molar-refractivity contribution in [1.29, 1.82) is 0 Å². The fourth-order valence-electron chi connectivity index (χ4n) is 1.33. The molecule has 1 aromatic carbocycles. The summed E-state index contributed by atoms with van der Waals surface area (Å²) < 4.78 is 13.2. The van der Waals surface area contributed by atoms with Crippen LogP contribution in [0.25, 0.3) is 11.4 Å². The first-order valence-electron chi connectivity index (χ1n) is 4.62. The quantitative estimate of drug-likeness (QED) is 0.830. The highest BCUT2D eigenvalue weighted by molar-refractivity contribution is 6.33. The van der Waals surface area contributed by atoms with Gasteiger partial charge in [0, 0.05) is 11.8 Å². The summed E-state index contributed by atoms with van der Waals surface area (Å²) in [7, 11) is 0. The van der Waals surface area contributed by atoms with Gasteiger partial charge in [-0.25, -0.2) is 14.4 Å². The molecular formula is C11H9ClFN3. The maximum atomic E-state index is 13.2. The van der Waals surface area contributed by atoms with Crippen LogP contribution in [0.5, 0.6) is 0 Å². The Kier molecular flexibility index (Phi) is 2.75. The molecule has 0 spiro atoms. The average molecular weight is 238 g/mol. The Morgan fingerprint density at radius 1 is 1.38 bits per heavy atom. The average Bonchev–Trinajstić information content (AvgIpc) is 2.23. The van der Waals surface area contributed by atoms with Crippen LogP contribution in [0.2, 0.25) is 5.02 Å². The van der Waals surface area contributed by atoms with Crippen LogP contribution < -0.4 is 5.73 Å². The number of hydrogen-bond acceptors (Lipinski definition) is 3. The molecule has 0 saturated heterocycles. The molecule has 2 aromatic rings. The van der Waals surface area contributed by atoms with E-state index in [4.69, 9.17) is 17.3 Å². The number of aryl methyl sites for hydroxylation is 1. The SMILES string of the molecule is Cc1cc(-c2nccc(N)n2)c(Cl)cc1F. The zero-order chi connectivity index (χ0) is 11.7. The first-order chi connectivity index (χ1) is 7.58. The van der Waals surface area contributed by atoms with Crippen LogP contribution in [0.3, 0.4) is 0 Å². The van der Waals surface area contributed by atoms with Gasteiger partial charge in [0.2, 0.25) is 0 Å². The molecule has 0 atom stereocenters. The number of anilines is 1. The summed E-state index contributed by atoms with van der Waals surface area (Å²) in [4.78, 5) is 8.08. The number of nitrogens with two attached hydrogens (primary N) is 1. The van der Waals surface area contributed by atoms with E-state index in [-0.39, 0.29) is 10.8 Å². The molecule has 0 radical (unpaired) electrons. The van der Waals surface area contributed by atoms with Gasteiger partial charge in [0.1, 0.15) is 11.6 Å². The van der Waals surface area contributed by atoms with E-state index < -0.39 is 0 Å². The molecule has 0 saturated carbocycles. The molecule has 5 heteroatoms. The minimum Gasteiger partial charge on any atom is -0.384 e. The van der Waals surface area contributed by atoms with Gasteiger partial charge >= 0.3 is 0 Å². The topological polar surface area (TPSA) is 51.8 Å². The first-order valence-corrected chi connectivity index (χ1v) is 5.00. The van der Waals surface area contributed by atoms with Crippen LogP contribution in [0.15, 0.2) is 24.4 Å². The van der Waals surface area contributed by atoms with E-state index in [2.05, 4.69) is 9.97 Å². The van der Waals surface area contributed by atoms with Crippen molar-refractivity contribution in [3.63, 3.8) is 0 Å². The Morgan fingerprint density at radius 2 is 2.12 bits per heavy atom.